The maximum Gasteiger partial charge on any atom is 0.338 e. The summed E-state index contributed by atoms with van der Waals surface area (Å²) in [6, 6.07) is 6.38. The van der Waals surface area contributed by atoms with Gasteiger partial charge in [0.1, 0.15) is 11.9 Å². The molecule has 188 valence electrons. The molecule has 7 nitrogen and oxygen atoms in total. The van der Waals surface area contributed by atoms with Crippen LogP contribution in [0.3, 0.4) is 0 Å². The lowest BCUT2D eigenvalue weighted by molar-refractivity contribution is -0.190. The fraction of sp³-hybridized carbons (Fsp3) is 0.571. The van der Waals surface area contributed by atoms with E-state index in [0.717, 1.165) is 0 Å². The van der Waals surface area contributed by atoms with Crippen molar-refractivity contribution in [2.45, 2.75) is 51.9 Å². The third-order valence-electron chi connectivity index (χ3n) is 9.45. The molecule has 4 aliphatic carbocycles. The van der Waals surface area contributed by atoms with Crippen molar-refractivity contribution in [2.75, 3.05) is 13.7 Å². The SMILES string of the molecule is COc1ccc(C(=O)O[C@H]2C(C)=C[C@]34C(=O)C(C=C(CO)[C@@H](O)[C@]23O)[C@H]2[C@@H](C[C@H]4C)C2(C)C)cc1. The molecule has 2 saturated carbocycles. The Kier molecular flexibility index (Phi) is 5.37. The second kappa shape index (κ2) is 7.76. The number of hydrogen-bond acceptors (Lipinski definition) is 7. The number of benzene rings is 1. The summed E-state index contributed by atoms with van der Waals surface area (Å²) in [5.41, 5.74) is -2.66. The van der Waals surface area contributed by atoms with Crippen LogP contribution in [0.2, 0.25) is 0 Å². The number of rotatable bonds is 4. The first-order valence-corrected chi connectivity index (χ1v) is 12.3. The minimum atomic E-state index is -2.14. The van der Waals surface area contributed by atoms with Crippen molar-refractivity contribution in [2.24, 2.45) is 34.5 Å². The summed E-state index contributed by atoms with van der Waals surface area (Å²) in [6.45, 7) is 7.44. The average Bonchev–Trinajstić information content (AvgIpc) is 3.32. The fourth-order valence-electron chi connectivity index (χ4n) is 7.50. The normalized spacial score (nSPS) is 41.0. The maximum atomic E-state index is 14.3. The van der Waals surface area contributed by atoms with Gasteiger partial charge in [-0.25, -0.2) is 4.79 Å². The number of ketones is 1. The van der Waals surface area contributed by atoms with Crippen LogP contribution in [-0.2, 0) is 9.53 Å². The molecule has 0 aromatic heterocycles. The van der Waals surface area contributed by atoms with Crippen molar-refractivity contribution in [3.8, 4) is 5.75 Å². The van der Waals surface area contributed by atoms with Gasteiger partial charge in [-0.15, -0.1) is 0 Å². The van der Waals surface area contributed by atoms with E-state index >= 15 is 0 Å². The number of ether oxygens (including phenoxy) is 2. The zero-order valence-electron chi connectivity index (χ0n) is 20.8. The second-order valence-electron chi connectivity index (χ2n) is 11.4. The Morgan fingerprint density at radius 2 is 1.86 bits per heavy atom. The molecule has 7 heteroatoms. The first-order chi connectivity index (χ1) is 16.4. The third-order valence-corrected chi connectivity index (χ3v) is 9.45. The number of fused-ring (bicyclic) bond motifs is 3. The minimum absolute atomic E-state index is 0.0434. The van der Waals surface area contributed by atoms with Crippen molar-refractivity contribution < 1.29 is 34.4 Å². The zero-order valence-corrected chi connectivity index (χ0v) is 20.8. The summed E-state index contributed by atoms with van der Waals surface area (Å²) in [4.78, 5) is 27.4. The summed E-state index contributed by atoms with van der Waals surface area (Å²) in [7, 11) is 1.53. The van der Waals surface area contributed by atoms with Gasteiger partial charge in [-0.3, -0.25) is 4.79 Å². The van der Waals surface area contributed by atoms with Crippen LogP contribution in [0.5, 0.6) is 5.75 Å². The highest BCUT2D eigenvalue weighted by molar-refractivity contribution is 5.96. The highest BCUT2D eigenvalue weighted by Crippen LogP contribution is 2.71. The maximum absolute atomic E-state index is 14.3. The molecule has 0 amide bonds. The lowest BCUT2D eigenvalue weighted by atomic mass is 9.59. The van der Waals surface area contributed by atoms with E-state index in [9.17, 15) is 24.9 Å². The van der Waals surface area contributed by atoms with Crippen LogP contribution < -0.4 is 4.74 Å². The molecule has 0 radical (unpaired) electrons. The number of carbonyl (C=O) groups excluding carboxylic acids is 2. The number of allylic oxidation sites excluding steroid dienone is 1. The number of Topliss-reactive ketones (excluding diaryl/α,β-unsaturated/α-hetero) is 1. The molecular weight excluding hydrogens is 448 g/mol. The standard InChI is InChI=1S/C28H34O7/c1-14-12-27-15(2)10-20-21(26(20,3)4)19(23(27)31)11-17(13-29)22(30)28(27,33)24(14)35-25(32)16-6-8-18(34-5)9-7-16/h6-9,11-12,15,19-22,24,29-30,33H,10,13H2,1-5H3/t15-,19?,20-,21+,22-,24+,27+,28+/m1/s1. The Labute approximate surface area is 205 Å². The molecule has 1 aromatic rings. The number of esters is 1. The van der Waals surface area contributed by atoms with E-state index < -0.39 is 41.7 Å². The zero-order chi connectivity index (χ0) is 25.5. The largest absolute Gasteiger partial charge is 0.497 e. The lowest BCUT2D eigenvalue weighted by Gasteiger charge is -2.48. The third kappa shape index (κ3) is 3.01. The molecule has 1 unspecified atom stereocenters. The Bertz CT molecular complexity index is 1130. The lowest BCUT2D eigenvalue weighted by Crippen LogP contribution is -2.65. The number of aliphatic hydroxyl groups is 3. The number of aliphatic hydroxyl groups excluding tert-OH is 2. The molecule has 0 aliphatic heterocycles. The number of carbonyl (C=O) groups is 2. The van der Waals surface area contributed by atoms with E-state index in [-0.39, 0.29) is 40.1 Å². The van der Waals surface area contributed by atoms with Gasteiger partial charge in [0, 0.05) is 5.92 Å². The van der Waals surface area contributed by atoms with Gasteiger partial charge in [-0.05, 0) is 71.9 Å². The molecule has 3 N–H and O–H groups in total. The van der Waals surface area contributed by atoms with Crippen molar-refractivity contribution in [1.82, 2.24) is 0 Å². The van der Waals surface area contributed by atoms with E-state index in [1.807, 2.05) is 6.92 Å². The van der Waals surface area contributed by atoms with Crippen LogP contribution in [0, 0.1) is 34.5 Å². The fourth-order valence-corrected chi connectivity index (χ4v) is 7.50. The Hall–Kier alpha value is -2.48. The van der Waals surface area contributed by atoms with Gasteiger partial charge in [0.2, 0.25) is 0 Å². The summed E-state index contributed by atoms with van der Waals surface area (Å²) >= 11 is 0. The molecule has 2 fully saturated rings. The molecule has 8 atom stereocenters. The quantitative estimate of drug-likeness (QED) is 0.447. The molecule has 4 aliphatic rings. The van der Waals surface area contributed by atoms with Crippen molar-refractivity contribution in [3.05, 3.63) is 53.1 Å². The summed E-state index contributed by atoms with van der Waals surface area (Å²) in [5.74, 6) is -0.755. The molecule has 5 rings (SSSR count). The predicted octanol–water partition coefficient (Wildman–Crippen LogP) is 2.69. The van der Waals surface area contributed by atoms with E-state index in [2.05, 4.69) is 13.8 Å². The summed E-state index contributed by atoms with van der Waals surface area (Å²) in [5, 5.41) is 34.1. The average molecular weight is 483 g/mol. The van der Waals surface area contributed by atoms with E-state index in [0.29, 0.717) is 17.7 Å². The van der Waals surface area contributed by atoms with Crippen molar-refractivity contribution >= 4 is 11.8 Å². The predicted molar refractivity (Wildman–Crippen MR) is 128 cm³/mol. The van der Waals surface area contributed by atoms with Crippen LogP contribution in [0.4, 0.5) is 0 Å². The molecular formula is C28H34O7. The summed E-state index contributed by atoms with van der Waals surface area (Å²) < 4.78 is 11.0. The Morgan fingerprint density at radius 1 is 1.20 bits per heavy atom. The number of methoxy groups -OCH3 is 1. The van der Waals surface area contributed by atoms with Gasteiger partial charge >= 0.3 is 5.97 Å². The van der Waals surface area contributed by atoms with Gasteiger partial charge in [-0.1, -0.05) is 32.9 Å². The van der Waals surface area contributed by atoms with E-state index in [4.69, 9.17) is 9.47 Å². The molecule has 2 bridgehead atoms. The molecule has 1 spiro atoms. The Balaban J connectivity index is 1.60. The molecule has 0 heterocycles. The monoisotopic (exact) mass is 482 g/mol. The number of hydrogen-bond donors (Lipinski definition) is 3. The van der Waals surface area contributed by atoms with Gasteiger partial charge < -0.3 is 24.8 Å². The van der Waals surface area contributed by atoms with Crippen LogP contribution >= 0.6 is 0 Å². The van der Waals surface area contributed by atoms with Gasteiger partial charge in [0.25, 0.3) is 0 Å². The van der Waals surface area contributed by atoms with Crippen LogP contribution in [0.25, 0.3) is 0 Å². The van der Waals surface area contributed by atoms with Crippen LogP contribution in [-0.4, -0.2) is 58.6 Å². The van der Waals surface area contributed by atoms with Gasteiger partial charge in [-0.2, -0.15) is 0 Å². The van der Waals surface area contributed by atoms with Crippen molar-refractivity contribution in [1.29, 1.82) is 0 Å². The van der Waals surface area contributed by atoms with E-state index in [1.165, 1.54) is 7.11 Å². The highest BCUT2D eigenvalue weighted by atomic mass is 16.6. The summed E-state index contributed by atoms with van der Waals surface area (Å²) in [6.07, 6.45) is 1.27. The van der Waals surface area contributed by atoms with Crippen LogP contribution in [0.1, 0.15) is 44.5 Å². The van der Waals surface area contributed by atoms with Crippen LogP contribution in [0.15, 0.2) is 47.6 Å². The molecule has 35 heavy (non-hydrogen) atoms. The van der Waals surface area contributed by atoms with E-state index in [1.54, 1.807) is 43.3 Å². The second-order valence-corrected chi connectivity index (χ2v) is 11.4. The smallest absolute Gasteiger partial charge is 0.338 e. The molecule has 1 aromatic carbocycles. The van der Waals surface area contributed by atoms with Gasteiger partial charge in [0.15, 0.2) is 17.5 Å². The highest BCUT2D eigenvalue weighted by Gasteiger charge is 2.76. The first-order valence-electron chi connectivity index (χ1n) is 12.3. The Morgan fingerprint density at radius 3 is 2.46 bits per heavy atom. The topological polar surface area (TPSA) is 113 Å². The molecule has 0 saturated heterocycles. The minimum Gasteiger partial charge on any atom is -0.497 e. The van der Waals surface area contributed by atoms with Gasteiger partial charge in [0.05, 0.1) is 24.7 Å². The first kappa shape index (κ1) is 24.2. The van der Waals surface area contributed by atoms with Crippen molar-refractivity contribution in [3.63, 3.8) is 0 Å².